The van der Waals surface area contributed by atoms with E-state index in [2.05, 4.69) is 16.5 Å². The number of nitriles is 1. The number of nitrogens with one attached hydrogen (secondary N) is 1. The molecule has 0 atom stereocenters. The molecule has 3 nitrogen and oxygen atoms in total. The molecule has 0 saturated carbocycles. The van der Waals surface area contributed by atoms with Gasteiger partial charge in [-0.3, -0.25) is 0 Å². The first-order valence-corrected chi connectivity index (χ1v) is 5.82. The van der Waals surface area contributed by atoms with Gasteiger partial charge in [0.25, 0.3) is 0 Å². The Morgan fingerprint density at radius 1 is 1.25 bits per heavy atom. The van der Waals surface area contributed by atoms with Crippen LogP contribution in [0.25, 0.3) is 0 Å². The Morgan fingerprint density at radius 2 is 2.00 bits per heavy atom. The van der Waals surface area contributed by atoms with Gasteiger partial charge in [-0.05, 0) is 37.5 Å². The molecule has 1 fully saturated rings. The van der Waals surface area contributed by atoms with E-state index in [1.54, 1.807) is 0 Å². The molecule has 1 aromatic rings. The number of nitrogens with zero attached hydrogens (tertiary/aromatic N) is 2. The standard InChI is InChI=1S/C13H17N3/c1-11-5-6-12(10-14)13(9-11)15-16-7-3-2-4-8-16/h5-6,9,15H,2-4,7-8H2,1H3. The van der Waals surface area contributed by atoms with Crippen LogP contribution in [0.15, 0.2) is 18.2 Å². The summed E-state index contributed by atoms with van der Waals surface area (Å²) in [5.41, 5.74) is 6.18. The molecule has 0 radical (unpaired) electrons. The summed E-state index contributed by atoms with van der Waals surface area (Å²) in [6, 6.07) is 8.11. The number of anilines is 1. The van der Waals surface area contributed by atoms with E-state index in [1.165, 1.54) is 24.8 Å². The number of piperidine rings is 1. The van der Waals surface area contributed by atoms with Crippen molar-refractivity contribution in [1.29, 1.82) is 5.26 Å². The summed E-state index contributed by atoms with van der Waals surface area (Å²) in [4.78, 5) is 0. The molecule has 84 valence electrons. The fourth-order valence-electron chi connectivity index (χ4n) is 2.02. The Hall–Kier alpha value is -1.53. The third-order valence-electron chi connectivity index (χ3n) is 2.93. The third-order valence-corrected chi connectivity index (χ3v) is 2.93. The number of hydrogen-bond acceptors (Lipinski definition) is 3. The molecule has 0 aliphatic carbocycles. The lowest BCUT2D eigenvalue weighted by Crippen LogP contribution is -2.35. The van der Waals surface area contributed by atoms with E-state index < -0.39 is 0 Å². The predicted octanol–water partition coefficient (Wildman–Crippen LogP) is 2.68. The Bertz CT molecular complexity index is 400. The lowest BCUT2D eigenvalue weighted by molar-refractivity contribution is 0.273. The van der Waals surface area contributed by atoms with E-state index >= 15 is 0 Å². The van der Waals surface area contributed by atoms with Crippen molar-refractivity contribution >= 4 is 5.69 Å². The van der Waals surface area contributed by atoms with Crippen LogP contribution in [0, 0.1) is 18.3 Å². The van der Waals surface area contributed by atoms with Crippen molar-refractivity contribution in [2.24, 2.45) is 0 Å². The maximum Gasteiger partial charge on any atom is 0.101 e. The highest BCUT2D eigenvalue weighted by Crippen LogP contribution is 2.19. The van der Waals surface area contributed by atoms with Crippen molar-refractivity contribution in [1.82, 2.24) is 5.01 Å². The Balaban J connectivity index is 2.13. The summed E-state index contributed by atoms with van der Waals surface area (Å²) >= 11 is 0. The van der Waals surface area contributed by atoms with Crippen molar-refractivity contribution in [3.8, 4) is 6.07 Å². The predicted molar refractivity (Wildman–Crippen MR) is 64.9 cm³/mol. The first kappa shape index (κ1) is 11.0. The molecule has 1 aromatic carbocycles. The van der Waals surface area contributed by atoms with Crippen LogP contribution in [0.2, 0.25) is 0 Å². The average molecular weight is 215 g/mol. The maximum atomic E-state index is 9.03. The second-order valence-corrected chi connectivity index (χ2v) is 4.32. The minimum absolute atomic E-state index is 0.719. The van der Waals surface area contributed by atoms with Crippen LogP contribution in [0.4, 0.5) is 5.69 Å². The Labute approximate surface area is 96.7 Å². The fraction of sp³-hybridized carbons (Fsp3) is 0.462. The van der Waals surface area contributed by atoms with Crippen LogP contribution in [-0.2, 0) is 0 Å². The largest absolute Gasteiger partial charge is 0.318 e. The van der Waals surface area contributed by atoms with Gasteiger partial charge in [0.05, 0.1) is 11.3 Å². The highest BCUT2D eigenvalue weighted by molar-refractivity contribution is 5.58. The highest BCUT2D eigenvalue weighted by Gasteiger charge is 2.11. The molecule has 1 N–H and O–H groups in total. The van der Waals surface area contributed by atoms with Crippen LogP contribution in [0.1, 0.15) is 30.4 Å². The van der Waals surface area contributed by atoms with Gasteiger partial charge in [0.15, 0.2) is 0 Å². The van der Waals surface area contributed by atoms with Gasteiger partial charge in [0.1, 0.15) is 6.07 Å². The smallest absolute Gasteiger partial charge is 0.101 e. The number of aryl methyl sites for hydroxylation is 1. The summed E-state index contributed by atoms with van der Waals surface area (Å²) in [6.07, 6.45) is 3.79. The molecule has 0 amide bonds. The molecule has 16 heavy (non-hydrogen) atoms. The van der Waals surface area contributed by atoms with Crippen molar-refractivity contribution in [2.75, 3.05) is 18.5 Å². The van der Waals surface area contributed by atoms with Crippen LogP contribution in [0.3, 0.4) is 0 Å². The van der Waals surface area contributed by atoms with E-state index in [9.17, 15) is 0 Å². The number of hydrazine groups is 1. The first-order chi connectivity index (χ1) is 7.79. The summed E-state index contributed by atoms with van der Waals surface area (Å²) in [6.45, 7) is 4.18. The second-order valence-electron chi connectivity index (χ2n) is 4.32. The molecular weight excluding hydrogens is 198 g/mol. The molecule has 0 spiro atoms. The minimum atomic E-state index is 0.719. The lowest BCUT2D eigenvalue weighted by atomic mass is 10.1. The van der Waals surface area contributed by atoms with Crippen LogP contribution >= 0.6 is 0 Å². The summed E-state index contributed by atoms with van der Waals surface area (Å²) in [7, 11) is 0. The molecule has 0 bridgehead atoms. The minimum Gasteiger partial charge on any atom is -0.318 e. The third kappa shape index (κ3) is 2.53. The molecule has 0 aromatic heterocycles. The molecule has 2 rings (SSSR count). The summed E-state index contributed by atoms with van der Waals surface area (Å²) < 4.78 is 0. The van der Waals surface area contributed by atoms with Crippen LogP contribution in [-0.4, -0.2) is 18.1 Å². The highest BCUT2D eigenvalue weighted by atomic mass is 15.5. The van der Waals surface area contributed by atoms with Gasteiger partial charge in [0, 0.05) is 13.1 Å². The Kier molecular flexibility index (Phi) is 3.43. The van der Waals surface area contributed by atoms with E-state index in [0.29, 0.717) is 0 Å². The summed E-state index contributed by atoms with van der Waals surface area (Å²) in [5, 5.41) is 11.2. The molecule has 1 aliphatic heterocycles. The van der Waals surface area contributed by atoms with Gasteiger partial charge < -0.3 is 5.43 Å². The van der Waals surface area contributed by atoms with Crippen molar-refractivity contribution < 1.29 is 0 Å². The maximum absolute atomic E-state index is 9.03. The quantitative estimate of drug-likeness (QED) is 0.824. The van der Waals surface area contributed by atoms with Crippen LogP contribution in [0.5, 0.6) is 0 Å². The molecule has 1 heterocycles. The molecule has 0 unspecified atom stereocenters. The molecular formula is C13H17N3. The second kappa shape index (κ2) is 5.00. The van der Waals surface area contributed by atoms with E-state index in [1.807, 2.05) is 25.1 Å². The van der Waals surface area contributed by atoms with Gasteiger partial charge in [-0.2, -0.15) is 5.26 Å². The molecule has 1 aliphatic rings. The monoisotopic (exact) mass is 215 g/mol. The zero-order valence-electron chi connectivity index (χ0n) is 9.66. The molecule has 3 heteroatoms. The molecule has 1 saturated heterocycles. The number of rotatable bonds is 2. The van der Waals surface area contributed by atoms with Gasteiger partial charge in [-0.15, -0.1) is 0 Å². The number of hydrogen-bond donors (Lipinski definition) is 1. The topological polar surface area (TPSA) is 39.1 Å². The van der Waals surface area contributed by atoms with E-state index in [0.717, 1.165) is 24.3 Å². The summed E-state index contributed by atoms with van der Waals surface area (Å²) in [5.74, 6) is 0. The zero-order valence-corrected chi connectivity index (χ0v) is 9.66. The zero-order chi connectivity index (χ0) is 11.4. The Morgan fingerprint density at radius 3 is 2.69 bits per heavy atom. The van der Waals surface area contributed by atoms with Gasteiger partial charge in [0.2, 0.25) is 0 Å². The SMILES string of the molecule is Cc1ccc(C#N)c(NN2CCCCC2)c1. The normalized spacial score (nSPS) is 16.8. The van der Waals surface area contributed by atoms with Crippen molar-refractivity contribution in [3.63, 3.8) is 0 Å². The lowest BCUT2D eigenvalue weighted by Gasteiger charge is -2.28. The number of benzene rings is 1. The van der Waals surface area contributed by atoms with E-state index in [-0.39, 0.29) is 0 Å². The van der Waals surface area contributed by atoms with E-state index in [4.69, 9.17) is 5.26 Å². The van der Waals surface area contributed by atoms with Crippen molar-refractivity contribution in [3.05, 3.63) is 29.3 Å². The van der Waals surface area contributed by atoms with Crippen LogP contribution < -0.4 is 5.43 Å². The fourth-order valence-corrected chi connectivity index (χ4v) is 2.02. The van der Waals surface area contributed by atoms with Gasteiger partial charge in [-0.25, -0.2) is 5.01 Å². The van der Waals surface area contributed by atoms with Crippen molar-refractivity contribution in [2.45, 2.75) is 26.2 Å². The van der Waals surface area contributed by atoms with Gasteiger partial charge in [-0.1, -0.05) is 12.5 Å². The van der Waals surface area contributed by atoms with Gasteiger partial charge >= 0.3 is 0 Å². The average Bonchev–Trinajstić information content (AvgIpc) is 2.31. The first-order valence-electron chi connectivity index (χ1n) is 5.82.